The van der Waals surface area contributed by atoms with Crippen LogP contribution in [-0.2, 0) is 11.4 Å². The van der Waals surface area contributed by atoms with Crippen molar-refractivity contribution in [1.82, 2.24) is 5.32 Å². The molecule has 0 radical (unpaired) electrons. The maximum atomic E-state index is 13.0. The van der Waals surface area contributed by atoms with Gasteiger partial charge in [0.25, 0.3) is 5.91 Å². The molecule has 5 nitrogen and oxygen atoms in total. The van der Waals surface area contributed by atoms with Gasteiger partial charge in [0, 0.05) is 11.0 Å². The predicted molar refractivity (Wildman–Crippen MR) is 129 cm³/mol. The molecule has 0 unspecified atom stereocenters. The summed E-state index contributed by atoms with van der Waals surface area (Å²) in [5.41, 5.74) is -1.33. The van der Waals surface area contributed by atoms with Crippen LogP contribution in [0, 0.1) is 0 Å². The number of carboxylic acids is 1. The number of alkyl halides is 3. The van der Waals surface area contributed by atoms with E-state index < -0.39 is 64.2 Å². The van der Waals surface area contributed by atoms with Crippen LogP contribution >= 0.6 is 10.2 Å². The molecule has 3 rings (SSSR count). The van der Waals surface area contributed by atoms with Crippen molar-refractivity contribution in [1.29, 1.82) is 0 Å². The Morgan fingerprint density at radius 1 is 0.949 bits per heavy atom. The number of rotatable bonds is 10. The van der Waals surface area contributed by atoms with E-state index in [1.165, 1.54) is 12.1 Å². The summed E-state index contributed by atoms with van der Waals surface area (Å²) in [6.07, 6.45) is -6.10. The van der Waals surface area contributed by atoms with Gasteiger partial charge in [-0.15, -0.1) is 0 Å². The monoisotopic (exact) mass is 583 g/mol. The summed E-state index contributed by atoms with van der Waals surface area (Å²) < 4.78 is 109. The second-order valence-electron chi connectivity index (χ2n) is 8.57. The third-order valence-corrected chi connectivity index (χ3v) is 6.78. The van der Waals surface area contributed by atoms with Crippen LogP contribution in [0.4, 0.5) is 32.6 Å². The molecule has 0 fully saturated rings. The fraction of sp³-hybridized carbons (Fsp3) is 0.200. The Balaban J connectivity index is 1.87. The van der Waals surface area contributed by atoms with E-state index >= 15 is 0 Å². The molecule has 0 saturated heterocycles. The standard InChI is InChI=1S/C25H21F8NO4S/c1-15(25(26,27)28)6-13-21(24(36)37)34-23(35)20-12-9-17-4-2-3-5-19(17)22(20)38-14-16-7-10-18(11-8-16)39(29,30,31,32)33/h2-5,7-12,21H,1,6,13-14H2,(H,34,35)(H,36,37)/t21-/m0/s1. The number of amides is 1. The third-order valence-electron chi connectivity index (χ3n) is 5.62. The summed E-state index contributed by atoms with van der Waals surface area (Å²) in [5.74, 6) is -2.70. The molecule has 0 saturated carbocycles. The Bertz CT molecular complexity index is 1420. The molecular formula is C25H21F8NO4S. The molecule has 0 spiro atoms. The van der Waals surface area contributed by atoms with E-state index in [4.69, 9.17) is 4.74 Å². The SMILES string of the molecule is C=C(CC[C@H](NC(=O)c1ccc2ccccc2c1OCc1ccc(S(F)(F)(F)(F)F)cc1)C(=O)O)C(F)(F)F. The van der Waals surface area contributed by atoms with E-state index in [1.54, 1.807) is 24.3 Å². The van der Waals surface area contributed by atoms with Gasteiger partial charge in [-0.25, -0.2) is 4.79 Å². The van der Waals surface area contributed by atoms with Crippen LogP contribution in [0.15, 0.2) is 77.7 Å². The van der Waals surface area contributed by atoms with Crippen LogP contribution < -0.4 is 10.1 Å². The molecule has 39 heavy (non-hydrogen) atoms. The van der Waals surface area contributed by atoms with E-state index in [1.807, 2.05) is 0 Å². The first-order chi connectivity index (χ1) is 17.8. The first kappa shape index (κ1) is 29.7. The summed E-state index contributed by atoms with van der Waals surface area (Å²) in [4.78, 5) is 22.5. The number of carbonyl (C=O) groups is 2. The fourth-order valence-electron chi connectivity index (χ4n) is 3.53. The molecule has 212 valence electrons. The minimum atomic E-state index is -9.88. The van der Waals surface area contributed by atoms with Gasteiger partial charge < -0.3 is 15.2 Å². The first-order valence-electron chi connectivity index (χ1n) is 11.0. The Hall–Kier alpha value is -3.81. The normalized spacial score (nSPS) is 14.7. The van der Waals surface area contributed by atoms with Gasteiger partial charge in [-0.05, 0) is 42.0 Å². The predicted octanol–water partition coefficient (Wildman–Crippen LogP) is 8.16. The molecule has 0 aliphatic heterocycles. The molecule has 0 aliphatic rings. The maximum Gasteiger partial charge on any atom is 0.412 e. The number of ether oxygens (including phenoxy) is 1. The molecule has 14 heteroatoms. The lowest BCUT2D eigenvalue weighted by Crippen LogP contribution is -2.41. The molecule has 0 heterocycles. The molecule has 0 aliphatic carbocycles. The molecule has 2 N–H and O–H groups in total. The largest absolute Gasteiger partial charge is 0.487 e. The number of fused-ring (bicyclic) bond motifs is 1. The number of hydrogen-bond acceptors (Lipinski definition) is 3. The number of carboxylic acid groups (broad SMARTS) is 1. The topological polar surface area (TPSA) is 75.6 Å². The Morgan fingerprint density at radius 3 is 2.13 bits per heavy atom. The average Bonchev–Trinajstić information content (AvgIpc) is 2.82. The average molecular weight is 583 g/mol. The molecule has 3 aromatic carbocycles. The number of allylic oxidation sites excluding steroid dienone is 1. The van der Waals surface area contributed by atoms with Crippen LogP contribution in [0.5, 0.6) is 5.75 Å². The lowest BCUT2D eigenvalue weighted by Gasteiger charge is -2.40. The third kappa shape index (κ3) is 7.62. The van der Waals surface area contributed by atoms with Gasteiger partial charge in [0.2, 0.25) is 0 Å². The number of aliphatic carboxylic acids is 1. The highest BCUT2D eigenvalue weighted by molar-refractivity contribution is 8.45. The minimum absolute atomic E-state index is 0.0500. The minimum Gasteiger partial charge on any atom is -0.487 e. The zero-order valence-electron chi connectivity index (χ0n) is 19.8. The van der Waals surface area contributed by atoms with Gasteiger partial charge in [0.15, 0.2) is 0 Å². The lowest BCUT2D eigenvalue weighted by molar-refractivity contribution is -0.139. The van der Waals surface area contributed by atoms with Gasteiger partial charge in [0.1, 0.15) is 23.3 Å². The molecular weight excluding hydrogens is 562 g/mol. The summed E-state index contributed by atoms with van der Waals surface area (Å²) in [7, 11) is -9.88. The van der Waals surface area contributed by atoms with Crippen LogP contribution in [0.3, 0.4) is 0 Å². The van der Waals surface area contributed by atoms with Crippen molar-refractivity contribution >= 4 is 32.9 Å². The summed E-state index contributed by atoms with van der Waals surface area (Å²) in [5, 5.41) is 12.5. The van der Waals surface area contributed by atoms with Crippen molar-refractivity contribution in [2.75, 3.05) is 0 Å². The summed E-state index contributed by atoms with van der Waals surface area (Å²) in [6, 6.07) is 9.50. The fourth-order valence-corrected chi connectivity index (χ4v) is 4.18. The number of hydrogen-bond donors (Lipinski definition) is 2. The number of benzene rings is 3. The number of nitrogens with one attached hydrogen (secondary N) is 1. The highest BCUT2D eigenvalue weighted by Crippen LogP contribution is 3.02. The summed E-state index contributed by atoms with van der Waals surface area (Å²) >= 11 is 0. The van der Waals surface area contributed by atoms with Crippen LogP contribution in [0.2, 0.25) is 0 Å². The lowest BCUT2D eigenvalue weighted by atomic mass is 10.0. The van der Waals surface area contributed by atoms with Crippen molar-refractivity contribution < 1.29 is 52.0 Å². The van der Waals surface area contributed by atoms with Crippen LogP contribution in [-0.4, -0.2) is 29.2 Å². The quantitative estimate of drug-likeness (QED) is 0.187. The van der Waals surface area contributed by atoms with Crippen LogP contribution in [0.1, 0.15) is 28.8 Å². The Morgan fingerprint density at radius 2 is 1.56 bits per heavy atom. The highest BCUT2D eigenvalue weighted by Gasteiger charge is 2.65. The first-order valence-corrected chi connectivity index (χ1v) is 13.0. The van der Waals surface area contributed by atoms with E-state index in [9.17, 15) is 47.3 Å². The van der Waals surface area contributed by atoms with E-state index in [0.29, 0.717) is 10.8 Å². The second kappa shape index (κ2) is 9.74. The van der Waals surface area contributed by atoms with Crippen molar-refractivity contribution in [2.45, 2.75) is 36.6 Å². The van der Waals surface area contributed by atoms with Crippen molar-refractivity contribution in [2.24, 2.45) is 0 Å². The zero-order valence-corrected chi connectivity index (χ0v) is 20.6. The van der Waals surface area contributed by atoms with E-state index in [0.717, 1.165) is 12.1 Å². The Kier molecular flexibility index (Phi) is 7.43. The number of halogens is 8. The van der Waals surface area contributed by atoms with Crippen molar-refractivity contribution in [3.8, 4) is 5.75 Å². The molecule has 3 aromatic rings. The molecule has 0 bridgehead atoms. The molecule has 1 atom stereocenters. The van der Waals surface area contributed by atoms with E-state index in [-0.39, 0.29) is 29.0 Å². The maximum absolute atomic E-state index is 13.0. The Labute approximate surface area is 216 Å². The van der Waals surface area contributed by atoms with Crippen LogP contribution in [0.25, 0.3) is 10.8 Å². The summed E-state index contributed by atoms with van der Waals surface area (Å²) in [6.45, 7) is 2.41. The molecule has 0 aromatic heterocycles. The van der Waals surface area contributed by atoms with Gasteiger partial charge in [-0.2, -0.15) is 13.2 Å². The van der Waals surface area contributed by atoms with Gasteiger partial charge in [0.05, 0.1) is 5.56 Å². The second-order valence-corrected chi connectivity index (χ2v) is 11.0. The van der Waals surface area contributed by atoms with E-state index in [2.05, 4.69) is 11.9 Å². The smallest absolute Gasteiger partial charge is 0.412 e. The number of carbonyl (C=O) groups excluding carboxylic acids is 1. The van der Waals surface area contributed by atoms with Gasteiger partial charge in [-0.1, -0.05) is 68.5 Å². The van der Waals surface area contributed by atoms with Gasteiger partial charge in [-0.3, -0.25) is 4.79 Å². The van der Waals surface area contributed by atoms with Crippen molar-refractivity contribution in [3.05, 3.63) is 83.9 Å². The van der Waals surface area contributed by atoms with Crippen molar-refractivity contribution in [3.63, 3.8) is 0 Å². The van der Waals surface area contributed by atoms with Gasteiger partial charge >= 0.3 is 22.4 Å². The molecule has 1 amide bonds. The zero-order chi connectivity index (χ0) is 29.3. The highest BCUT2D eigenvalue weighted by atomic mass is 32.5.